The minimum Gasteiger partial charge on any atom is -0.352 e. The quantitative estimate of drug-likeness (QED) is 0.858. The van der Waals surface area contributed by atoms with Crippen LogP contribution in [0.4, 0.5) is 0 Å². The van der Waals surface area contributed by atoms with Crippen molar-refractivity contribution < 1.29 is 4.79 Å². The zero-order valence-corrected chi connectivity index (χ0v) is 11.0. The van der Waals surface area contributed by atoms with Crippen LogP contribution in [0, 0.1) is 12.8 Å². The molecular weight excluding hydrogens is 224 g/mol. The lowest BCUT2D eigenvalue weighted by molar-refractivity contribution is -0.126. The van der Waals surface area contributed by atoms with Gasteiger partial charge in [-0.25, -0.2) is 0 Å². The predicted molar refractivity (Wildman–Crippen MR) is 73.0 cm³/mol. The van der Waals surface area contributed by atoms with Gasteiger partial charge in [-0.15, -0.1) is 0 Å². The van der Waals surface area contributed by atoms with E-state index in [4.69, 9.17) is 5.73 Å². The van der Waals surface area contributed by atoms with Gasteiger partial charge in [-0.05, 0) is 25.3 Å². The van der Waals surface area contributed by atoms with E-state index in [2.05, 4.69) is 36.5 Å². The predicted octanol–water partition coefficient (Wildman–Crippen LogP) is 2.13. The van der Waals surface area contributed by atoms with Crippen LogP contribution in [0.15, 0.2) is 24.3 Å². The van der Waals surface area contributed by atoms with Crippen molar-refractivity contribution in [3.8, 4) is 0 Å². The summed E-state index contributed by atoms with van der Waals surface area (Å²) in [5.41, 5.74) is 8.38. The second-order valence-corrected chi connectivity index (χ2v) is 5.26. The first-order valence-electron chi connectivity index (χ1n) is 6.75. The van der Waals surface area contributed by atoms with Crippen LogP contribution >= 0.6 is 0 Å². The van der Waals surface area contributed by atoms with E-state index in [1.807, 2.05) is 0 Å². The lowest BCUT2D eigenvalue weighted by atomic mass is 9.84. The molecule has 1 saturated carbocycles. The molecule has 1 aliphatic carbocycles. The first kappa shape index (κ1) is 13.1. The normalized spacial score (nSPS) is 23.7. The molecule has 1 amide bonds. The third kappa shape index (κ3) is 3.33. The van der Waals surface area contributed by atoms with Gasteiger partial charge in [-0.2, -0.15) is 0 Å². The Balaban J connectivity index is 1.85. The van der Waals surface area contributed by atoms with Crippen LogP contribution < -0.4 is 11.1 Å². The Morgan fingerprint density at radius 2 is 1.94 bits per heavy atom. The maximum absolute atomic E-state index is 12.1. The van der Waals surface area contributed by atoms with Crippen molar-refractivity contribution in [3.63, 3.8) is 0 Å². The average molecular weight is 246 g/mol. The van der Waals surface area contributed by atoms with Crippen molar-refractivity contribution in [2.24, 2.45) is 11.7 Å². The number of amides is 1. The summed E-state index contributed by atoms with van der Waals surface area (Å²) in [5.74, 6) is 0.118. The molecule has 3 heteroatoms. The van der Waals surface area contributed by atoms with Crippen LogP contribution in [0.25, 0.3) is 0 Å². The molecule has 0 saturated heterocycles. The van der Waals surface area contributed by atoms with Crippen molar-refractivity contribution in [2.75, 3.05) is 0 Å². The number of nitrogens with one attached hydrogen (secondary N) is 1. The van der Waals surface area contributed by atoms with E-state index in [1.54, 1.807) is 0 Å². The molecule has 0 bridgehead atoms. The molecule has 18 heavy (non-hydrogen) atoms. The van der Waals surface area contributed by atoms with Crippen LogP contribution in [0.5, 0.6) is 0 Å². The molecule has 0 radical (unpaired) electrons. The monoisotopic (exact) mass is 246 g/mol. The third-order valence-electron chi connectivity index (χ3n) is 3.74. The Morgan fingerprint density at radius 1 is 1.28 bits per heavy atom. The average Bonchev–Trinajstić information content (AvgIpc) is 2.38. The van der Waals surface area contributed by atoms with E-state index in [-0.39, 0.29) is 17.9 Å². The lowest BCUT2D eigenvalue weighted by Crippen LogP contribution is -2.43. The number of rotatable bonds is 3. The van der Waals surface area contributed by atoms with E-state index in [0.717, 1.165) is 31.2 Å². The first-order chi connectivity index (χ1) is 8.66. The van der Waals surface area contributed by atoms with Gasteiger partial charge in [-0.1, -0.05) is 42.7 Å². The summed E-state index contributed by atoms with van der Waals surface area (Å²) in [4.78, 5) is 12.1. The van der Waals surface area contributed by atoms with Crippen molar-refractivity contribution in [2.45, 2.75) is 45.2 Å². The van der Waals surface area contributed by atoms with E-state index >= 15 is 0 Å². The molecule has 1 aromatic rings. The summed E-state index contributed by atoms with van der Waals surface area (Å²) in [6.07, 6.45) is 4.18. The molecule has 3 N–H and O–H groups in total. The Kier molecular flexibility index (Phi) is 4.37. The number of nitrogens with two attached hydrogens (primary N) is 1. The second kappa shape index (κ2) is 6.01. The van der Waals surface area contributed by atoms with Crippen LogP contribution in [0.2, 0.25) is 0 Å². The molecule has 2 rings (SSSR count). The largest absolute Gasteiger partial charge is 0.352 e. The van der Waals surface area contributed by atoms with Crippen LogP contribution in [0.3, 0.4) is 0 Å². The number of carbonyl (C=O) groups excluding carboxylic acids is 1. The summed E-state index contributed by atoms with van der Waals surface area (Å²) in [5, 5.41) is 3.00. The molecule has 0 aromatic heterocycles. The molecule has 2 atom stereocenters. The highest BCUT2D eigenvalue weighted by molar-refractivity contribution is 5.79. The first-order valence-corrected chi connectivity index (χ1v) is 6.75. The van der Waals surface area contributed by atoms with Crippen molar-refractivity contribution in [1.29, 1.82) is 0 Å². The van der Waals surface area contributed by atoms with E-state index in [0.29, 0.717) is 6.54 Å². The van der Waals surface area contributed by atoms with Crippen molar-refractivity contribution >= 4 is 5.91 Å². The zero-order valence-electron chi connectivity index (χ0n) is 11.0. The molecule has 0 heterocycles. The molecule has 98 valence electrons. The fourth-order valence-electron chi connectivity index (χ4n) is 2.51. The van der Waals surface area contributed by atoms with Gasteiger partial charge in [0.25, 0.3) is 0 Å². The molecule has 1 fully saturated rings. The fraction of sp³-hybridized carbons (Fsp3) is 0.533. The summed E-state index contributed by atoms with van der Waals surface area (Å²) < 4.78 is 0. The number of aryl methyl sites for hydroxylation is 1. The summed E-state index contributed by atoms with van der Waals surface area (Å²) in [6.45, 7) is 2.66. The highest BCUT2D eigenvalue weighted by Crippen LogP contribution is 2.23. The number of carbonyl (C=O) groups is 1. The van der Waals surface area contributed by atoms with Gasteiger partial charge < -0.3 is 11.1 Å². The molecule has 2 unspecified atom stereocenters. The lowest BCUT2D eigenvalue weighted by Gasteiger charge is -2.27. The summed E-state index contributed by atoms with van der Waals surface area (Å²) in [7, 11) is 0. The third-order valence-corrected chi connectivity index (χ3v) is 3.74. The minimum absolute atomic E-state index is 0.00389. The van der Waals surface area contributed by atoms with Gasteiger partial charge >= 0.3 is 0 Å². The maximum Gasteiger partial charge on any atom is 0.224 e. The molecule has 3 nitrogen and oxygen atoms in total. The maximum atomic E-state index is 12.1. The van der Waals surface area contributed by atoms with Gasteiger partial charge in [0, 0.05) is 12.6 Å². The molecule has 1 aliphatic rings. The Bertz CT molecular complexity index is 399. The van der Waals surface area contributed by atoms with Crippen molar-refractivity contribution in [1.82, 2.24) is 5.32 Å². The Labute approximate surface area is 109 Å². The molecule has 1 aromatic carbocycles. The molecule has 0 aliphatic heterocycles. The number of hydrogen-bond donors (Lipinski definition) is 2. The minimum atomic E-state index is 0.00389. The van der Waals surface area contributed by atoms with Gasteiger partial charge in [-0.3, -0.25) is 4.79 Å². The smallest absolute Gasteiger partial charge is 0.224 e. The van der Waals surface area contributed by atoms with E-state index < -0.39 is 0 Å². The van der Waals surface area contributed by atoms with Gasteiger partial charge in [0.1, 0.15) is 0 Å². The van der Waals surface area contributed by atoms with Crippen LogP contribution in [-0.4, -0.2) is 11.9 Å². The number of hydrogen-bond acceptors (Lipinski definition) is 2. The van der Waals surface area contributed by atoms with Gasteiger partial charge in [0.15, 0.2) is 0 Å². The zero-order chi connectivity index (χ0) is 13.0. The topological polar surface area (TPSA) is 55.1 Å². The van der Waals surface area contributed by atoms with E-state index in [9.17, 15) is 4.79 Å². The summed E-state index contributed by atoms with van der Waals surface area (Å²) in [6, 6.07) is 8.27. The SMILES string of the molecule is Cc1ccc(CNC(=O)C2CCCCC2N)cc1. The molecule has 0 spiro atoms. The van der Waals surface area contributed by atoms with E-state index in [1.165, 1.54) is 5.56 Å². The highest BCUT2D eigenvalue weighted by Gasteiger charge is 2.27. The van der Waals surface area contributed by atoms with Gasteiger partial charge in [0.2, 0.25) is 5.91 Å². The Hall–Kier alpha value is -1.35. The second-order valence-electron chi connectivity index (χ2n) is 5.26. The van der Waals surface area contributed by atoms with Crippen molar-refractivity contribution in [3.05, 3.63) is 35.4 Å². The fourth-order valence-corrected chi connectivity index (χ4v) is 2.51. The summed E-state index contributed by atoms with van der Waals surface area (Å²) >= 11 is 0. The Morgan fingerprint density at radius 3 is 2.61 bits per heavy atom. The van der Waals surface area contributed by atoms with Gasteiger partial charge in [0.05, 0.1) is 5.92 Å². The van der Waals surface area contributed by atoms with Crippen LogP contribution in [0.1, 0.15) is 36.8 Å². The van der Waals surface area contributed by atoms with Crippen LogP contribution in [-0.2, 0) is 11.3 Å². The standard InChI is InChI=1S/C15H22N2O/c1-11-6-8-12(9-7-11)10-17-15(18)13-4-2-3-5-14(13)16/h6-9,13-14H,2-5,10,16H2,1H3,(H,17,18). The highest BCUT2D eigenvalue weighted by atomic mass is 16.1. The number of benzene rings is 1. The molecular formula is C15H22N2O.